The van der Waals surface area contributed by atoms with Gasteiger partial charge in [0.1, 0.15) is 17.2 Å². The van der Waals surface area contributed by atoms with Crippen LogP contribution in [0.5, 0.6) is 17.2 Å². The van der Waals surface area contributed by atoms with E-state index in [4.69, 9.17) is 18.9 Å². The van der Waals surface area contributed by atoms with Crippen LogP contribution in [0.15, 0.2) is 78.9 Å². The van der Waals surface area contributed by atoms with Gasteiger partial charge in [0.05, 0.1) is 26.0 Å². The van der Waals surface area contributed by atoms with Crippen molar-refractivity contribution < 1.29 is 28.5 Å². The van der Waals surface area contributed by atoms with E-state index in [2.05, 4.69) is 24.5 Å². The van der Waals surface area contributed by atoms with Crippen LogP contribution in [0.3, 0.4) is 0 Å². The summed E-state index contributed by atoms with van der Waals surface area (Å²) in [5.41, 5.74) is 0.936. The first-order chi connectivity index (χ1) is 22.5. The molecule has 46 heavy (non-hydrogen) atoms. The maximum absolute atomic E-state index is 14.3. The number of hydrogen-bond donors (Lipinski definition) is 2. The summed E-state index contributed by atoms with van der Waals surface area (Å²) < 4.78 is 23.9. The molecule has 3 aromatic carbocycles. The van der Waals surface area contributed by atoms with E-state index in [9.17, 15) is 9.59 Å². The van der Waals surface area contributed by atoms with Crippen LogP contribution in [0.25, 0.3) is 0 Å². The molecule has 0 saturated heterocycles. The molecule has 0 saturated carbocycles. The average molecular weight is 633 g/mol. The predicted molar refractivity (Wildman–Crippen MR) is 185 cm³/mol. The number of unbranched alkanes of at least 4 members (excludes halogenated alkanes) is 10. The third-order valence-electron chi connectivity index (χ3n) is 7.64. The van der Waals surface area contributed by atoms with Gasteiger partial charge in [-0.05, 0) is 61.4 Å². The Labute approximate surface area is 275 Å². The second kappa shape index (κ2) is 20.9. The third-order valence-corrected chi connectivity index (χ3v) is 7.64. The summed E-state index contributed by atoms with van der Waals surface area (Å²) in [5, 5.41) is 5.73. The molecule has 0 aliphatic rings. The molecule has 3 rings (SSSR count). The summed E-state index contributed by atoms with van der Waals surface area (Å²) in [6.07, 6.45) is 12.9. The molecular formula is C38H52N2O6. The molecule has 0 bridgehead atoms. The van der Waals surface area contributed by atoms with Crippen molar-refractivity contribution in [3.8, 4) is 17.2 Å². The van der Waals surface area contributed by atoms with E-state index in [1.165, 1.54) is 32.1 Å². The standard InChI is InChI=1S/C38H52N2O6/c1-4-6-8-10-12-19-29-44-35-24-18-17-23-34(35)40-37(42)38(45-30-20-13-11-9-7-5-2,36(41)39-31-21-15-14-16-22-31)46-33-27-25-32(43-3)26-28-33/h14-18,21-28H,4-13,19-20,29-30H2,1-3H3,(H,39,41)(H,40,42). The quantitative estimate of drug-likeness (QED) is 0.0615. The lowest BCUT2D eigenvalue weighted by atomic mass is 10.1. The van der Waals surface area contributed by atoms with Gasteiger partial charge in [-0.3, -0.25) is 9.59 Å². The van der Waals surface area contributed by atoms with Gasteiger partial charge in [-0.15, -0.1) is 0 Å². The van der Waals surface area contributed by atoms with Crippen molar-refractivity contribution >= 4 is 23.2 Å². The Kier molecular flexibility index (Phi) is 16.5. The van der Waals surface area contributed by atoms with Gasteiger partial charge < -0.3 is 29.6 Å². The van der Waals surface area contributed by atoms with Gasteiger partial charge in [0.2, 0.25) is 0 Å². The molecule has 1 atom stereocenters. The first kappa shape index (κ1) is 36.4. The van der Waals surface area contributed by atoms with Crippen LogP contribution in [0.4, 0.5) is 11.4 Å². The van der Waals surface area contributed by atoms with Gasteiger partial charge in [0.25, 0.3) is 0 Å². The molecular weight excluding hydrogens is 580 g/mol. The summed E-state index contributed by atoms with van der Waals surface area (Å²) in [7, 11) is 1.57. The summed E-state index contributed by atoms with van der Waals surface area (Å²) >= 11 is 0. The minimum Gasteiger partial charge on any atom is -0.497 e. The van der Waals surface area contributed by atoms with Gasteiger partial charge in [-0.25, -0.2) is 0 Å². The molecule has 2 amide bonds. The van der Waals surface area contributed by atoms with Gasteiger partial charge in [-0.2, -0.15) is 0 Å². The molecule has 0 aliphatic carbocycles. The second-order valence-corrected chi connectivity index (χ2v) is 11.4. The number of amides is 2. The van der Waals surface area contributed by atoms with E-state index in [1.807, 2.05) is 12.1 Å². The fraction of sp³-hybridized carbons (Fsp3) is 0.474. The van der Waals surface area contributed by atoms with E-state index in [-0.39, 0.29) is 12.4 Å². The van der Waals surface area contributed by atoms with E-state index in [0.717, 1.165) is 38.5 Å². The average Bonchev–Trinajstić information content (AvgIpc) is 3.08. The van der Waals surface area contributed by atoms with E-state index < -0.39 is 17.6 Å². The van der Waals surface area contributed by atoms with Crippen LogP contribution >= 0.6 is 0 Å². The fourth-order valence-electron chi connectivity index (χ4n) is 4.96. The highest BCUT2D eigenvalue weighted by atomic mass is 16.7. The monoisotopic (exact) mass is 632 g/mol. The van der Waals surface area contributed by atoms with Gasteiger partial charge in [0.15, 0.2) is 0 Å². The van der Waals surface area contributed by atoms with Gasteiger partial charge >= 0.3 is 17.6 Å². The summed E-state index contributed by atoms with van der Waals surface area (Å²) in [5.74, 6) is -2.46. The Morgan fingerprint density at radius 2 is 1.15 bits per heavy atom. The molecule has 8 nitrogen and oxygen atoms in total. The smallest absolute Gasteiger partial charge is 0.373 e. The number of rotatable bonds is 23. The number of para-hydroxylation sites is 3. The largest absolute Gasteiger partial charge is 0.497 e. The van der Waals surface area contributed by atoms with Gasteiger partial charge in [0, 0.05) is 5.69 Å². The Hall–Kier alpha value is -4.04. The van der Waals surface area contributed by atoms with Crippen LogP contribution < -0.4 is 24.8 Å². The lowest BCUT2D eigenvalue weighted by Gasteiger charge is -2.31. The molecule has 0 heterocycles. The van der Waals surface area contributed by atoms with Crippen molar-refractivity contribution in [1.29, 1.82) is 0 Å². The normalized spacial score (nSPS) is 12.2. The number of carbonyl (C=O) groups excluding carboxylic acids is 2. The molecule has 1 unspecified atom stereocenters. The fourth-order valence-corrected chi connectivity index (χ4v) is 4.96. The summed E-state index contributed by atoms with van der Waals surface area (Å²) in [6, 6.07) is 22.8. The molecule has 8 heteroatoms. The Balaban J connectivity index is 1.87. The molecule has 3 aromatic rings. The molecule has 0 aliphatic heterocycles. The lowest BCUT2D eigenvalue weighted by molar-refractivity contribution is -0.193. The van der Waals surface area contributed by atoms with Crippen molar-refractivity contribution in [1.82, 2.24) is 0 Å². The Morgan fingerprint density at radius 1 is 0.609 bits per heavy atom. The number of methoxy groups -OCH3 is 1. The van der Waals surface area contributed by atoms with Crippen LogP contribution in [0, 0.1) is 0 Å². The number of benzene rings is 3. The van der Waals surface area contributed by atoms with Crippen LogP contribution in [0.2, 0.25) is 0 Å². The number of hydrogen-bond acceptors (Lipinski definition) is 6. The number of ether oxygens (including phenoxy) is 4. The van der Waals surface area contributed by atoms with E-state index in [0.29, 0.717) is 35.9 Å². The first-order valence-electron chi connectivity index (χ1n) is 16.9. The molecule has 0 aromatic heterocycles. The van der Waals surface area contributed by atoms with Crippen molar-refractivity contribution in [2.75, 3.05) is 31.0 Å². The highest BCUT2D eigenvalue weighted by Gasteiger charge is 2.51. The highest BCUT2D eigenvalue weighted by molar-refractivity contribution is 6.16. The van der Waals surface area contributed by atoms with Crippen LogP contribution in [-0.4, -0.2) is 37.9 Å². The zero-order chi connectivity index (χ0) is 32.9. The maximum Gasteiger partial charge on any atom is 0.373 e. The van der Waals surface area contributed by atoms with Crippen molar-refractivity contribution in [2.45, 2.75) is 96.7 Å². The van der Waals surface area contributed by atoms with E-state index in [1.54, 1.807) is 73.8 Å². The Morgan fingerprint density at radius 3 is 1.80 bits per heavy atom. The number of nitrogens with one attached hydrogen (secondary N) is 2. The maximum atomic E-state index is 14.3. The molecule has 250 valence electrons. The number of anilines is 2. The van der Waals surface area contributed by atoms with E-state index >= 15 is 0 Å². The Bertz CT molecular complexity index is 1280. The second-order valence-electron chi connectivity index (χ2n) is 11.4. The van der Waals surface area contributed by atoms with Crippen molar-refractivity contribution in [3.05, 3.63) is 78.9 Å². The predicted octanol–water partition coefficient (Wildman–Crippen LogP) is 9.16. The first-order valence-corrected chi connectivity index (χ1v) is 16.9. The molecule has 0 fully saturated rings. The third kappa shape index (κ3) is 12.0. The zero-order valence-electron chi connectivity index (χ0n) is 27.9. The zero-order valence-corrected chi connectivity index (χ0v) is 27.9. The van der Waals surface area contributed by atoms with Crippen LogP contribution in [0.1, 0.15) is 90.9 Å². The summed E-state index contributed by atoms with van der Waals surface area (Å²) in [4.78, 5) is 28.5. The minimum atomic E-state index is -2.35. The van der Waals surface area contributed by atoms with Gasteiger partial charge in [-0.1, -0.05) is 108 Å². The highest BCUT2D eigenvalue weighted by Crippen LogP contribution is 2.30. The summed E-state index contributed by atoms with van der Waals surface area (Å²) in [6.45, 7) is 5.05. The van der Waals surface area contributed by atoms with Crippen molar-refractivity contribution in [3.63, 3.8) is 0 Å². The topological polar surface area (TPSA) is 95.1 Å². The molecule has 0 radical (unpaired) electrons. The molecule has 0 spiro atoms. The van der Waals surface area contributed by atoms with Crippen molar-refractivity contribution in [2.24, 2.45) is 0 Å². The SMILES string of the molecule is CCCCCCCCOc1ccccc1NC(=O)C(OCCCCCCCC)(Oc1ccc(OC)cc1)C(=O)Nc1ccccc1. The lowest BCUT2D eigenvalue weighted by Crippen LogP contribution is -2.59. The minimum absolute atomic E-state index is 0.147. The molecule has 2 N–H and O–H groups in total. The number of carbonyl (C=O) groups is 2. The van der Waals surface area contributed by atoms with Crippen LogP contribution in [-0.2, 0) is 14.3 Å².